The first kappa shape index (κ1) is 20.3. The second-order valence-corrected chi connectivity index (χ2v) is 8.88. The van der Waals surface area contributed by atoms with E-state index in [2.05, 4.69) is 15.0 Å². The lowest BCUT2D eigenvalue weighted by Crippen LogP contribution is -2.13. The molecule has 2 N–H and O–H groups in total. The molecule has 0 saturated heterocycles. The summed E-state index contributed by atoms with van der Waals surface area (Å²) in [5.41, 5.74) is 1.10. The number of rotatable bonds is 6. The van der Waals surface area contributed by atoms with E-state index in [0.717, 1.165) is 0 Å². The normalized spacial score (nSPS) is 11.5. The lowest BCUT2D eigenvalue weighted by molar-refractivity contribution is -0.111. The van der Waals surface area contributed by atoms with Crippen molar-refractivity contribution in [1.82, 2.24) is 4.98 Å². The molecule has 0 aliphatic carbocycles. The molecular formula is C18H13Cl2N3O3S2. The van der Waals surface area contributed by atoms with Crippen LogP contribution in [-0.4, -0.2) is 19.3 Å². The number of carbonyl (C=O) groups is 1. The summed E-state index contributed by atoms with van der Waals surface area (Å²) in [5.74, 6) is -0.387. The quantitative estimate of drug-likeness (QED) is 0.519. The predicted octanol–water partition coefficient (Wildman–Crippen LogP) is 4.90. The van der Waals surface area contributed by atoms with Gasteiger partial charge >= 0.3 is 0 Å². The molecule has 3 rings (SSSR count). The van der Waals surface area contributed by atoms with Gasteiger partial charge in [0.25, 0.3) is 10.0 Å². The molecule has 0 aliphatic rings. The predicted molar refractivity (Wildman–Crippen MR) is 113 cm³/mol. The monoisotopic (exact) mass is 453 g/mol. The number of sulfonamides is 1. The number of benzene rings is 2. The molecule has 6 nitrogen and oxygen atoms in total. The molecule has 0 fully saturated rings. The van der Waals surface area contributed by atoms with Crippen LogP contribution in [0.5, 0.6) is 0 Å². The van der Waals surface area contributed by atoms with Gasteiger partial charge in [0.1, 0.15) is 0 Å². The number of nitrogens with one attached hydrogen (secondary N) is 2. The molecule has 0 unspecified atom stereocenters. The van der Waals surface area contributed by atoms with Gasteiger partial charge in [-0.1, -0.05) is 29.3 Å². The van der Waals surface area contributed by atoms with Crippen molar-refractivity contribution in [1.29, 1.82) is 0 Å². The van der Waals surface area contributed by atoms with Gasteiger partial charge in [0.05, 0.1) is 4.90 Å². The molecule has 0 spiro atoms. The largest absolute Gasteiger partial charge is 0.323 e. The molecule has 1 heterocycles. The third-order valence-electron chi connectivity index (χ3n) is 3.46. The fraction of sp³-hybridized carbons (Fsp3) is 0. The summed E-state index contributed by atoms with van der Waals surface area (Å²) in [6.45, 7) is 0. The number of carbonyl (C=O) groups excluding carboxylic acids is 1. The van der Waals surface area contributed by atoms with Gasteiger partial charge in [-0.15, -0.1) is 11.3 Å². The second-order valence-electron chi connectivity index (χ2n) is 5.46. The molecule has 0 atom stereocenters. The molecule has 1 aromatic heterocycles. The van der Waals surface area contributed by atoms with Gasteiger partial charge in [-0.2, -0.15) is 0 Å². The van der Waals surface area contributed by atoms with Gasteiger partial charge in [0, 0.05) is 33.4 Å². The number of hydrogen-bond donors (Lipinski definition) is 2. The number of halogens is 2. The number of anilines is 2. The molecule has 0 saturated carbocycles. The first-order valence-corrected chi connectivity index (χ1v) is 10.9. The summed E-state index contributed by atoms with van der Waals surface area (Å²) in [5, 5.41) is 5.53. The Kier molecular flexibility index (Phi) is 6.35. The van der Waals surface area contributed by atoms with Gasteiger partial charge in [0.15, 0.2) is 5.13 Å². The highest BCUT2D eigenvalue weighted by atomic mass is 35.5. The second kappa shape index (κ2) is 8.74. The summed E-state index contributed by atoms with van der Waals surface area (Å²) in [4.78, 5) is 16.0. The van der Waals surface area contributed by atoms with Crippen molar-refractivity contribution in [2.45, 2.75) is 4.90 Å². The molecule has 0 bridgehead atoms. The molecule has 3 aromatic rings. The van der Waals surface area contributed by atoms with Crippen LogP contribution >= 0.6 is 34.5 Å². The first-order chi connectivity index (χ1) is 13.3. The Bertz CT molecular complexity index is 1110. The van der Waals surface area contributed by atoms with Crippen molar-refractivity contribution in [3.63, 3.8) is 0 Å². The maximum atomic E-state index is 12.3. The molecule has 10 heteroatoms. The van der Waals surface area contributed by atoms with Gasteiger partial charge in [0.2, 0.25) is 5.91 Å². The van der Waals surface area contributed by atoms with E-state index in [9.17, 15) is 13.2 Å². The van der Waals surface area contributed by atoms with Crippen LogP contribution in [-0.2, 0) is 14.8 Å². The molecular weight excluding hydrogens is 441 g/mol. The number of aromatic nitrogens is 1. The number of nitrogens with zero attached hydrogens (tertiary/aromatic N) is 1. The zero-order chi connectivity index (χ0) is 20.1. The van der Waals surface area contributed by atoms with E-state index in [0.29, 0.717) is 21.3 Å². The maximum absolute atomic E-state index is 12.3. The van der Waals surface area contributed by atoms with Crippen molar-refractivity contribution in [2.24, 2.45) is 0 Å². The van der Waals surface area contributed by atoms with Gasteiger partial charge in [-0.25, -0.2) is 13.4 Å². The number of thiazole rings is 1. The van der Waals surface area contributed by atoms with Crippen LogP contribution < -0.4 is 10.0 Å². The Labute approximate surface area is 175 Å². The standard InChI is InChI=1S/C18H13Cl2N3O3S2/c19-13-3-1-12(16(20)11-13)2-8-17(24)22-14-4-6-15(7-5-14)28(25,26)23-18-21-9-10-27-18/h1-11H,(H,21,23)(H,22,24). The van der Waals surface area contributed by atoms with E-state index >= 15 is 0 Å². The highest BCUT2D eigenvalue weighted by Gasteiger charge is 2.15. The Morgan fingerprint density at radius 3 is 2.50 bits per heavy atom. The average molecular weight is 454 g/mol. The highest BCUT2D eigenvalue weighted by Crippen LogP contribution is 2.22. The van der Waals surface area contributed by atoms with Crippen LogP contribution in [0, 0.1) is 0 Å². The van der Waals surface area contributed by atoms with Gasteiger partial charge in [-0.3, -0.25) is 9.52 Å². The average Bonchev–Trinajstić information content (AvgIpc) is 3.14. The Morgan fingerprint density at radius 2 is 1.86 bits per heavy atom. The minimum absolute atomic E-state index is 0.0594. The topological polar surface area (TPSA) is 88.2 Å². The van der Waals surface area contributed by atoms with Crippen molar-refractivity contribution in [3.8, 4) is 0 Å². The van der Waals surface area contributed by atoms with Crippen molar-refractivity contribution in [2.75, 3.05) is 10.0 Å². The third-order valence-corrected chi connectivity index (χ3v) is 6.20. The van der Waals surface area contributed by atoms with E-state index in [4.69, 9.17) is 23.2 Å². The molecule has 0 radical (unpaired) electrons. The van der Waals surface area contributed by atoms with Gasteiger partial charge < -0.3 is 5.32 Å². The smallest absolute Gasteiger partial charge is 0.263 e. The lowest BCUT2D eigenvalue weighted by atomic mass is 10.2. The van der Waals surface area contributed by atoms with Crippen LogP contribution in [0.3, 0.4) is 0 Å². The van der Waals surface area contributed by atoms with E-state index in [1.54, 1.807) is 29.7 Å². The van der Waals surface area contributed by atoms with E-state index < -0.39 is 10.0 Å². The number of hydrogen-bond acceptors (Lipinski definition) is 5. The summed E-state index contributed by atoms with van der Waals surface area (Å²) in [6, 6.07) is 10.7. The fourth-order valence-electron chi connectivity index (χ4n) is 2.15. The van der Waals surface area contributed by atoms with Crippen LogP contribution in [0.1, 0.15) is 5.56 Å². The zero-order valence-corrected chi connectivity index (χ0v) is 17.2. The summed E-state index contributed by atoms with van der Waals surface area (Å²) in [6.07, 6.45) is 4.39. The molecule has 28 heavy (non-hydrogen) atoms. The SMILES string of the molecule is O=C(C=Cc1ccc(Cl)cc1Cl)Nc1ccc(S(=O)(=O)Nc2nccs2)cc1. The lowest BCUT2D eigenvalue weighted by Gasteiger charge is -2.07. The molecule has 0 aliphatic heterocycles. The van der Waals surface area contributed by atoms with Crippen molar-refractivity contribution >= 4 is 67.4 Å². The van der Waals surface area contributed by atoms with Crippen molar-refractivity contribution in [3.05, 3.63) is 75.7 Å². The Balaban J connectivity index is 1.65. The first-order valence-electron chi connectivity index (χ1n) is 7.80. The minimum atomic E-state index is -3.74. The molecule has 1 amide bonds. The summed E-state index contributed by atoms with van der Waals surface area (Å²) >= 11 is 13.1. The summed E-state index contributed by atoms with van der Waals surface area (Å²) < 4.78 is 26.9. The Morgan fingerprint density at radius 1 is 1.11 bits per heavy atom. The fourth-order valence-corrected chi connectivity index (χ4v) is 4.41. The van der Waals surface area contributed by atoms with Crippen LogP contribution in [0.25, 0.3) is 6.08 Å². The minimum Gasteiger partial charge on any atom is -0.323 e. The van der Waals surface area contributed by atoms with E-state index in [-0.39, 0.29) is 15.9 Å². The third kappa shape index (κ3) is 5.32. The van der Waals surface area contributed by atoms with Crippen LogP contribution in [0.4, 0.5) is 10.8 Å². The van der Waals surface area contributed by atoms with Crippen molar-refractivity contribution < 1.29 is 13.2 Å². The molecule has 2 aromatic carbocycles. The van der Waals surface area contributed by atoms with E-state index in [1.165, 1.54) is 47.9 Å². The summed E-state index contributed by atoms with van der Waals surface area (Å²) in [7, 11) is -3.74. The highest BCUT2D eigenvalue weighted by molar-refractivity contribution is 7.93. The zero-order valence-electron chi connectivity index (χ0n) is 14.1. The van der Waals surface area contributed by atoms with Crippen LogP contribution in [0.15, 0.2) is 65.0 Å². The van der Waals surface area contributed by atoms with Crippen LogP contribution in [0.2, 0.25) is 10.0 Å². The van der Waals surface area contributed by atoms with Gasteiger partial charge in [-0.05, 0) is 48.0 Å². The molecule has 144 valence electrons. The maximum Gasteiger partial charge on any atom is 0.263 e. The Hall–Kier alpha value is -2.39. The number of amides is 1. The van der Waals surface area contributed by atoms with E-state index in [1.807, 2.05) is 0 Å².